The van der Waals surface area contributed by atoms with E-state index in [0.717, 1.165) is 5.56 Å². The van der Waals surface area contributed by atoms with Gasteiger partial charge in [-0.2, -0.15) is 0 Å². The van der Waals surface area contributed by atoms with E-state index < -0.39 is 11.8 Å². The molecule has 90 valence electrons. The molecule has 0 spiro atoms. The number of carbonyl (C=O) groups is 1. The molecule has 0 amide bonds. The van der Waals surface area contributed by atoms with Crippen LogP contribution in [0.5, 0.6) is 0 Å². The standard InChI is InChI=1S/C15H11FO2/c16-13-8-4-7-12(10-13)14(15(17)18)9-11-5-2-1-3-6-11/h1-10H,(H,17,18)/b14-9+. The number of carboxylic acid groups (broad SMARTS) is 1. The fourth-order valence-corrected chi connectivity index (χ4v) is 1.64. The van der Waals surface area contributed by atoms with Gasteiger partial charge in [0.15, 0.2) is 0 Å². The third-order valence-corrected chi connectivity index (χ3v) is 2.48. The summed E-state index contributed by atoms with van der Waals surface area (Å²) in [5.74, 6) is -1.53. The zero-order valence-electron chi connectivity index (χ0n) is 9.51. The number of benzene rings is 2. The molecule has 0 saturated heterocycles. The first kappa shape index (κ1) is 12.0. The van der Waals surface area contributed by atoms with E-state index in [4.69, 9.17) is 0 Å². The van der Waals surface area contributed by atoms with Crippen LogP contribution in [0.4, 0.5) is 4.39 Å². The lowest BCUT2D eigenvalue weighted by atomic mass is 10.0. The highest BCUT2D eigenvalue weighted by Gasteiger charge is 2.10. The van der Waals surface area contributed by atoms with Crippen LogP contribution in [0.15, 0.2) is 54.6 Å². The minimum atomic E-state index is -1.08. The first-order valence-corrected chi connectivity index (χ1v) is 5.43. The van der Waals surface area contributed by atoms with Gasteiger partial charge in [0.25, 0.3) is 0 Å². The van der Waals surface area contributed by atoms with Gasteiger partial charge in [-0.1, -0.05) is 42.5 Å². The largest absolute Gasteiger partial charge is 0.478 e. The van der Waals surface area contributed by atoms with Crippen LogP contribution < -0.4 is 0 Å². The van der Waals surface area contributed by atoms with E-state index in [0.29, 0.717) is 5.56 Å². The predicted molar refractivity (Wildman–Crippen MR) is 68.3 cm³/mol. The van der Waals surface area contributed by atoms with Crippen LogP contribution in [0, 0.1) is 5.82 Å². The Kier molecular flexibility index (Phi) is 3.53. The molecule has 3 heteroatoms. The summed E-state index contributed by atoms with van der Waals surface area (Å²) in [6, 6.07) is 14.6. The fourth-order valence-electron chi connectivity index (χ4n) is 1.64. The average molecular weight is 242 g/mol. The smallest absolute Gasteiger partial charge is 0.336 e. The Balaban J connectivity index is 2.47. The van der Waals surface area contributed by atoms with Crippen molar-refractivity contribution in [3.8, 4) is 0 Å². The van der Waals surface area contributed by atoms with E-state index in [9.17, 15) is 14.3 Å². The van der Waals surface area contributed by atoms with Gasteiger partial charge in [-0.05, 0) is 29.3 Å². The highest BCUT2D eigenvalue weighted by Crippen LogP contribution is 2.19. The van der Waals surface area contributed by atoms with Gasteiger partial charge in [0.1, 0.15) is 5.82 Å². The van der Waals surface area contributed by atoms with Crippen molar-refractivity contribution in [1.29, 1.82) is 0 Å². The quantitative estimate of drug-likeness (QED) is 0.661. The third-order valence-electron chi connectivity index (χ3n) is 2.48. The lowest BCUT2D eigenvalue weighted by Crippen LogP contribution is -2.00. The predicted octanol–water partition coefficient (Wildman–Crippen LogP) is 3.45. The van der Waals surface area contributed by atoms with Crippen LogP contribution in [-0.2, 0) is 4.79 Å². The van der Waals surface area contributed by atoms with Gasteiger partial charge in [0.2, 0.25) is 0 Å². The van der Waals surface area contributed by atoms with Gasteiger partial charge < -0.3 is 5.11 Å². The van der Waals surface area contributed by atoms with Gasteiger partial charge in [-0.15, -0.1) is 0 Å². The summed E-state index contributed by atoms with van der Waals surface area (Å²) in [5.41, 5.74) is 1.19. The minimum absolute atomic E-state index is 0.0701. The van der Waals surface area contributed by atoms with Crippen molar-refractivity contribution < 1.29 is 14.3 Å². The normalized spacial score (nSPS) is 11.3. The topological polar surface area (TPSA) is 37.3 Å². The number of rotatable bonds is 3. The Hall–Kier alpha value is -2.42. The third kappa shape index (κ3) is 2.83. The molecule has 0 fully saturated rings. The van der Waals surface area contributed by atoms with Crippen LogP contribution in [0.2, 0.25) is 0 Å². The summed E-state index contributed by atoms with van der Waals surface area (Å²) in [5, 5.41) is 9.19. The van der Waals surface area contributed by atoms with Crippen LogP contribution >= 0.6 is 0 Å². The molecule has 0 unspecified atom stereocenters. The zero-order chi connectivity index (χ0) is 13.0. The Labute approximate surface area is 104 Å². The molecule has 2 aromatic carbocycles. The molecule has 2 rings (SSSR count). The zero-order valence-corrected chi connectivity index (χ0v) is 9.51. The summed E-state index contributed by atoms with van der Waals surface area (Å²) >= 11 is 0. The first-order valence-electron chi connectivity index (χ1n) is 5.43. The van der Waals surface area contributed by atoms with E-state index in [1.54, 1.807) is 18.2 Å². The number of aliphatic carboxylic acids is 1. The SMILES string of the molecule is O=C(O)/C(=C/c1ccccc1)c1cccc(F)c1. The molecule has 0 aliphatic carbocycles. The molecule has 2 nitrogen and oxygen atoms in total. The van der Waals surface area contributed by atoms with E-state index in [1.165, 1.54) is 24.3 Å². The molecule has 0 radical (unpaired) electrons. The molecular weight excluding hydrogens is 231 g/mol. The number of hydrogen-bond acceptors (Lipinski definition) is 1. The van der Waals surface area contributed by atoms with Crippen LogP contribution in [0.25, 0.3) is 11.6 Å². The Bertz CT molecular complexity index is 588. The highest BCUT2D eigenvalue weighted by molar-refractivity contribution is 6.20. The lowest BCUT2D eigenvalue weighted by Gasteiger charge is -2.03. The van der Waals surface area contributed by atoms with Crippen molar-refractivity contribution in [2.75, 3.05) is 0 Å². The molecule has 0 heterocycles. The summed E-state index contributed by atoms with van der Waals surface area (Å²) in [6.45, 7) is 0. The number of carboxylic acids is 1. The molecule has 1 N–H and O–H groups in total. The van der Waals surface area contributed by atoms with Crippen molar-refractivity contribution in [1.82, 2.24) is 0 Å². The second-order valence-electron chi connectivity index (χ2n) is 3.78. The molecule has 0 bridgehead atoms. The monoisotopic (exact) mass is 242 g/mol. The molecular formula is C15H11FO2. The second kappa shape index (κ2) is 5.27. The number of hydrogen-bond donors (Lipinski definition) is 1. The van der Waals surface area contributed by atoms with Crippen molar-refractivity contribution in [2.24, 2.45) is 0 Å². The Morgan fingerprint density at radius 1 is 1.06 bits per heavy atom. The maximum Gasteiger partial charge on any atom is 0.336 e. The molecule has 0 aromatic heterocycles. The molecule has 2 aromatic rings. The summed E-state index contributed by atoms with van der Waals surface area (Å²) in [6.07, 6.45) is 1.52. The fraction of sp³-hybridized carbons (Fsp3) is 0. The summed E-state index contributed by atoms with van der Waals surface area (Å²) in [4.78, 5) is 11.2. The van der Waals surface area contributed by atoms with Crippen molar-refractivity contribution in [3.05, 3.63) is 71.5 Å². The van der Waals surface area contributed by atoms with Crippen LogP contribution in [0.1, 0.15) is 11.1 Å². The molecule has 0 saturated carbocycles. The van der Waals surface area contributed by atoms with E-state index in [1.807, 2.05) is 18.2 Å². The van der Waals surface area contributed by atoms with Crippen LogP contribution in [0.3, 0.4) is 0 Å². The highest BCUT2D eigenvalue weighted by atomic mass is 19.1. The van der Waals surface area contributed by atoms with E-state index in [2.05, 4.69) is 0 Å². The average Bonchev–Trinajstić information content (AvgIpc) is 2.37. The minimum Gasteiger partial charge on any atom is -0.478 e. The lowest BCUT2D eigenvalue weighted by molar-refractivity contribution is -0.130. The van der Waals surface area contributed by atoms with Gasteiger partial charge in [0, 0.05) is 0 Å². The van der Waals surface area contributed by atoms with Gasteiger partial charge in [-0.3, -0.25) is 0 Å². The van der Waals surface area contributed by atoms with Gasteiger partial charge >= 0.3 is 5.97 Å². The van der Waals surface area contributed by atoms with E-state index in [-0.39, 0.29) is 5.57 Å². The molecule has 0 aliphatic rings. The molecule has 0 atom stereocenters. The Morgan fingerprint density at radius 3 is 2.39 bits per heavy atom. The molecule has 18 heavy (non-hydrogen) atoms. The van der Waals surface area contributed by atoms with Crippen molar-refractivity contribution in [2.45, 2.75) is 0 Å². The van der Waals surface area contributed by atoms with Crippen molar-refractivity contribution >= 4 is 17.6 Å². The maximum atomic E-state index is 13.1. The second-order valence-corrected chi connectivity index (χ2v) is 3.78. The summed E-state index contributed by atoms with van der Waals surface area (Å²) in [7, 11) is 0. The van der Waals surface area contributed by atoms with Crippen molar-refractivity contribution in [3.63, 3.8) is 0 Å². The maximum absolute atomic E-state index is 13.1. The summed E-state index contributed by atoms with van der Waals surface area (Å²) < 4.78 is 13.1. The Morgan fingerprint density at radius 2 is 1.78 bits per heavy atom. The molecule has 0 aliphatic heterocycles. The van der Waals surface area contributed by atoms with Gasteiger partial charge in [-0.25, -0.2) is 9.18 Å². The van der Waals surface area contributed by atoms with Crippen LogP contribution in [-0.4, -0.2) is 11.1 Å². The van der Waals surface area contributed by atoms with E-state index >= 15 is 0 Å². The first-order chi connectivity index (χ1) is 8.66. The van der Waals surface area contributed by atoms with Gasteiger partial charge in [0.05, 0.1) is 5.57 Å². The number of halogens is 1.